The van der Waals surface area contributed by atoms with Crippen molar-refractivity contribution in [3.63, 3.8) is 0 Å². The molecule has 1 aliphatic heterocycles. The Hall–Kier alpha value is -2.62. The number of rotatable bonds is 3. The van der Waals surface area contributed by atoms with Crippen LogP contribution >= 0.6 is 0 Å². The first-order valence-corrected chi connectivity index (χ1v) is 9.00. The van der Waals surface area contributed by atoms with Gasteiger partial charge in [0.15, 0.2) is 17.0 Å². The van der Waals surface area contributed by atoms with Gasteiger partial charge < -0.3 is 14.4 Å². The fourth-order valence-electron chi connectivity index (χ4n) is 3.16. The maximum absolute atomic E-state index is 10.4. The van der Waals surface area contributed by atoms with E-state index in [1.165, 1.54) is 0 Å². The number of aryl methyl sites for hydroxylation is 1. The average molecular weight is 372 g/mol. The van der Waals surface area contributed by atoms with Gasteiger partial charge in [-0.1, -0.05) is 26.0 Å². The molecule has 0 aliphatic carbocycles. The Bertz CT molecular complexity index is 985. The van der Waals surface area contributed by atoms with Gasteiger partial charge in [-0.05, 0) is 13.3 Å². The molecule has 0 aromatic carbocycles. The van der Waals surface area contributed by atoms with Gasteiger partial charge >= 0.3 is 0 Å². The molecule has 4 rings (SSSR count). The molecule has 1 saturated heterocycles. The predicted octanol–water partition coefficient (Wildman–Crippen LogP) is 1.22. The molecule has 4 heterocycles. The van der Waals surface area contributed by atoms with Gasteiger partial charge in [0, 0.05) is 25.4 Å². The van der Waals surface area contributed by atoms with E-state index in [1.807, 2.05) is 6.92 Å². The normalized spacial score (nSPS) is 20.7. The molecule has 1 atom stereocenters. The lowest BCUT2D eigenvalue weighted by molar-refractivity contribution is 0.0839. The molecule has 3 aromatic heterocycles. The van der Waals surface area contributed by atoms with Crippen LogP contribution in [0.2, 0.25) is 0 Å². The Balaban J connectivity index is 1.82. The minimum Gasteiger partial charge on any atom is -0.424 e. The van der Waals surface area contributed by atoms with E-state index < -0.39 is 5.60 Å². The fraction of sp³-hybridized carbons (Fsp3) is 0.647. The molecule has 0 bridgehead atoms. The number of anilines is 1. The van der Waals surface area contributed by atoms with Crippen molar-refractivity contribution in [1.82, 2.24) is 35.2 Å². The summed E-state index contributed by atoms with van der Waals surface area (Å²) >= 11 is 0. The Morgan fingerprint density at radius 1 is 1.19 bits per heavy atom. The first-order valence-electron chi connectivity index (χ1n) is 9.00. The minimum atomic E-state index is -0.740. The third kappa shape index (κ3) is 3.36. The third-order valence-electron chi connectivity index (χ3n) is 4.62. The summed E-state index contributed by atoms with van der Waals surface area (Å²) < 4.78 is 7.11. The summed E-state index contributed by atoms with van der Waals surface area (Å²) in [6, 6.07) is 0. The van der Waals surface area contributed by atoms with Crippen molar-refractivity contribution >= 4 is 17.0 Å². The lowest BCUT2D eigenvalue weighted by Crippen LogP contribution is -2.31. The van der Waals surface area contributed by atoms with Crippen molar-refractivity contribution in [1.29, 1.82) is 0 Å². The molecule has 144 valence electrons. The summed E-state index contributed by atoms with van der Waals surface area (Å²) in [7, 11) is 0. The van der Waals surface area contributed by atoms with Gasteiger partial charge in [-0.25, -0.2) is 14.6 Å². The largest absolute Gasteiger partial charge is 0.424 e. The second-order valence-corrected chi connectivity index (χ2v) is 8.42. The number of aliphatic hydroxyl groups is 1. The van der Waals surface area contributed by atoms with Gasteiger partial charge in [-0.15, -0.1) is 15.3 Å². The van der Waals surface area contributed by atoms with Crippen LogP contribution < -0.4 is 4.90 Å². The fourth-order valence-corrected chi connectivity index (χ4v) is 3.16. The van der Waals surface area contributed by atoms with E-state index in [0.29, 0.717) is 54.1 Å². The summed E-state index contributed by atoms with van der Waals surface area (Å²) in [4.78, 5) is 11.6. The van der Waals surface area contributed by atoms with E-state index >= 15 is 0 Å². The second kappa shape index (κ2) is 5.95. The highest BCUT2D eigenvalue weighted by Gasteiger charge is 2.35. The summed E-state index contributed by atoms with van der Waals surface area (Å²) in [6.45, 7) is 11.3. The number of β-amino-alcohol motifs (C(OH)–C–C–N with tert-alkyl or cyclic N) is 1. The van der Waals surface area contributed by atoms with Gasteiger partial charge in [0.25, 0.3) is 0 Å². The van der Waals surface area contributed by atoms with Crippen molar-refractivity contribution in [2.45, 2.75) is 58.6 Å². The molecule has 1 unspecified atom stereocenters. The van der Waals surface area contributed by atoms with Crippen molar-refractivity contribution in [2.24, 2.45) is 0 Å². The molecule has 1 N–H and O–H groups in total. The number of nitrogens with zero attached hydrogens (tertiary/aromatic N) is 8. The monoisotopic (exact) mass is 372 g/mol. The van der Waals surface area contributed by atoms with E-state index in [-0.39, 0.29) is 12.0 Å². The molecular weight excluding hydrogens is 348 g/mol. The Kier molecular flexibility index (Phi) is 3.91. The maximum Gasteiger partial charge on any atom is 0.238 e. The van der Waals surface area contributed by atoms with Crippen LogP contribution in [0.3, 0.4) is 0 Å². The van der Waals surface area contributed by atoms with Crippen LogP contribution in [0.25, 0.3) is 11.2 Å². The van der Waals surface area contributed by atoms with Crippen molar-refractivity contribution in [2.75, 3.05) is 18.0 Å². The zero-order valence-electron chi connectivity index (χ0n) is 16.3. The minimum absolute atomic E-state index is 0.249. The molecule has 0 radical (unpaired) electrons. The number of hydrogen-bond donors (Lipinski definition) is 1. The van der Waals surface area contributed by atoms with Crippen LogP contribution in [-0.2, 0) is 12.0 Å². The standard InChI is InChI=1S/C17H24N8O2/c1-10-20-21-11(27-10)8-25-14-12(22-23-25)13(18-15(19-14)16(2,3)4)24-7-6-17(5,26)9-24/h26H,6-9H2,1-5H3. The zero-order valence-corrected chi connectivity index (χ0v) is 16.3. The molecule has 3 aromatic rings. The van der Waals surface area contributed by atoms with Crippen LogP contribution in [0.5, 0.6) is 0 Å². The molecule has 0 amide bonds. The smallest absolute Gasteiger partial charge is 0.238 e. The van der Waals surface area contributed by atoms with Crippen LogP contribution in [0.4, 0.5) is 5.82 Å². The molecule has 0 saturated carbocycles. The van der Waals surface area contributed by atoms with E-state index in [0.717, 1.165) is 0 Å². The summed E-state index contributed by atoms with van der Waals surface area (Å²) in [6.07, 6.45) is 0.679. The van der Waals surface area contributed by atoms with Crippen LogP contribution in [0.1, 0.15) is 51.7 Å². The maximum atomic E-state index is 10.4. The van der Waals surface area contributed by atoms with Crippen LogP contribution in [-0.4, -0.2) is 59.0 Å². The third-order valence-corrected chi connectivity index (χ3v) is 4.62. The quantitative estimate of drug-likeness (QED) is 0.723. The predicted molar refractivity (Wildman–Crippen MR) is 97.4 cm³/mol. The van der Waals surface area contributed by atoms with Gasteiger partial charge in [-0.3, -0.25) is 0 Å². The highest BCUT2D eigenvalue weighted by atomic mass is 16.4. The average Bonchev–Trinajstić information content (AvgIpc) is 3.26. The SMILES string of the molecule is Cc1nnc(Cn2nnc3c(N4CCC(C)(O)C4)nc(C(C)(C)C)nc32)o1. The van der Waals surface area contributed by atoms with E-state index in [4.69, 9.17) is 14.4 Å². The van der Waals surface area contributed by atoms with Crippen LogP contribution in [0.15, 0.2) is 4.42 Å². The summed E-state index contributed by atoms with van der Waals surface area (Å²) in [5.41, 5.74) is 0.238. The molecule has 27 heavy (non-hydrogen) atoms. The molecule has 10 nitrogen and oxygen atoms in total. The molecule has 1 aliphatic rings. The van der Waals surface area contributed by atoms with E-state index in [1.54, 1.807) is 11.6 Å². The van der Waals surface area contributed by atoms with Gasteiger partial charge in [-0.2, -0.15) is 0 Å². The van der Waals surface area contributed by atoms with Crippen LogP contribution in [0, 0.1) is 6.92 Å². The topological polar surface area (TPSA) is 119 Å². The van der Waals surface area contributed by atoms with Crippen molar-refractivity contribution < 1.29 is 9.52 Å². The zero-order chi connectivity index (χ0) is 19.4. The Morgan fingerprint density at radius 2 is 1.96 bits per heavy atom. The number of hydrogen-bond acceptors (Lipinski definition) is 9. The lowest BCUT2D eigenvalue weighted by atomic mass is 9.96. The van der Waals surface area contributed by atoms with Crippen molar-refractivity contribution in [3.8, 4) is 0 Å². The number of aromatic nitrogens is 7. The highest BCUT2D eigenvalue weighted by molar-refractivity contribution is 5.83. The van der Waals surface area contributed by atoms with Crippen molar-refractivity contribution in [3.05, 3.63) is 17.6 Å². The molecule has 0 spiro atoms. The lowest BCUT2D eigenvalue weighted by Gasteiger charge is -2.23. The molecule has 1 fully saturated rings. The Labute approximate surface area is 156 Å². The first kappa shape index (κ1) is 17.8. The van der Waals surface area contributed by atoms with E-state index in [9.17, 15) is 5.11 Å². The molecule has 10 heteroatoms. The highest BCUT2D eigenvalue weighted by Crippen LogP contribution is 2.31. The molecular formula is C17H24N8O2. The number of fused-ring (bicyclic) bond motifs is 1. The van der Waals surface area contributed by atoms with Gasteiger partial charge in [0.1, 0.15) is 12.4 Å². The summed E-state index contributed by atoms with van der Waals surface area (Å²) in [5, 5.41) is 26.8. The first-order chi connectivity index (χ1) is 12.6. The Morgan fingerprint density at radius 3 is 2.56 bits per heavy atom. The van der Waals surface area contributed by atoms with Gasteiger partial charge in [0.05, 0.1) is 5.60 Å². The van der Waals surface area contributed by atoms with Gasteiger partial charge in [0.2, 0.25) is 11.8 Å². The van der Waals surface area contributed by atoms with E-state index in [2.05, 4.69) is 46.2 Å². The summed E-state index contributed by atoms with van der Waals surface area (Å²) in [5.74, 6) is 2.35. The second-order valence-electron chi connectivity index (χ2n) is 8.42.